The molecular formula is C10H15ClN4O3S. The number of hydrogen-bond donors (Lipinski definition) is 3. The van der Waals surface area contributed by atoms with Gasteiger partial charge in [-0.05, 0) is 12.1 Å². The summed E-state index contributed by atoms with van der Waals surface area (Å²) >= 11 is 5.77. The van der Waals surface area contributed by atoms with Gasteiger partial charge in [-0.15, -0.1) is 0 Å². The average Bonchev–Trinajstić information content (AvgIpc) is 2.32. The predicted octanol–water partition coefficient (Wildman–Crippen LogP) is 0.0557. The Bertz CT molecular complexity index is 562. The SMILES string of the molecule is CNc1cc(C(=O)NCCNS(C)(=O)=O)cc(Cl)n1. The van der Waals surface area contributed by atoms with Crippen LogP contribution in [0.25, 0.3) is 0 Å². The molecule has 1 amide bonds. The summed E-state index contributed by atoms with van der Waals surface area (Å²) in [4.78, 5) is 15.7. The molecule has 1 heterocycles. The van der Waals surface area contributed by atoms with E-state index in [1.165, 1.54) is 6.07 Å². The van der Waals surface area contributed by atoms with E-state index >= 15 is 0 Å². The van der Waals surface area contributed by atoms with E-state index in [-0.39, 0.29) is 24.1 Å². The van der Waals surface area contributed by atoms with Gasteiger partial charge < -0.3 is 10.6 Å². The van der Waals surface area contributed by atoms with Crippen LogP contribution in [0.2, 0.25) is 5.15 Å². The minimum Gasteiger partial charge on any atom is -0.373 e. The minimum absolute atomic E-state index is 0.127. The number of rotatable bonds is 6. The normalized spacial score (nSPS) is 11.1. The molecule has 0 saturated carbocycles. The van der Waals surface area contributed by atoms with Crippen molar-refractivity contribution in [2.45, 2.75) is 0 Å². The molecule has 1 aromatic heterocycles. The van der Waals surface area contributed by atoms with E-state index in [0.29, 0.717) is 11.4 Å². The molecular weight excluding hydrogens is 292 g/mol. The molecule has 0 aliphatic carbocycles. The molecule has 7 nitrogen and oxygen atoms in total. The lowest BCUT2D eigenvalue weighted by Crippen LogP contribution is -2.34. The number of sulfonamides is 1. The van der Waals surface area contributed by atoms with Crippen molar-refractivity contribution in [1.29, 1.82) is 0 Å². The van der Waals surface area contributed by atoms with Gasteiger partial charge in [0.15, 0.2) is 0 Å². The van der Waals surface area contributed by atoms with Crippen molar-refractivity contribution in [1.82, 2.24) is 15.0 Å². The maximum absolute atomic E-state index is 11.8. The molecule has 0 aliphatic rings. The molecule has 0 unspecified atom stereocenters. The lowest BCUT2D eigenvalue weighted by atomic mass is 10.2. The van der Waals surface area contributed by atoms with Crippen LogP contribution in [0, 0.1) is 0 Å². The van der Waals surface area contributed by atoms with Crippen molar-refractivity contribution < 1.29 is 13.2 Å². The number of anilines is 1. The van der Waals surface area contributed by atoms with Gasteiger partial charge in [0.25, 0.3) is 5.91 Å². The second-order valence-corrected chi connectivity index (χ2v) is 5.96. The van der Waals surface area contributed by atoms with E-state index in [4.69, 9.17) is 11.6 Å². The number of pyridine rings is 1. The van der Waals surface area contributed by atoms with Crippen LogP contribution < -0.4 is 15.4 Å². The number of carbonyl (C=O) groups excluding carboxylic acids is 1. The molecule has 0 radical (unpaired) electrons. The highest BCUT2D eigenvalue weighted by molar-refractivity contribution is 7.88. The van der Waals surface area contributed by atoms with Gasteiger partial charge in [-0.1, -0.05) is 11.6 Å². The number of aromatic nitrogens is 1. The van der Waals surface area contributed by atoms with Crippen LogP contribution in [0.1, 0.15) is 10.4 Å². The van der Waals surface area contributed by atoms with E-state index in [0.717, 1.165) is 6.26 Å². The van der Waals surface area contributed by atoms with Gasteiger partial charge in [-0.3, -0.25) is 4.79 Å². The van der Waals surface area contributed by atoms with Crippen molar-refractivity contribution in [2.75, 3.05) is 31.7 Å². The van der Waals surface area contributed by atoms with Crippen LogP contribution in [0.4, 0.5) is 5.82 Å². The van der Waals surface area contributed by atoms with E-state index in [2.05, 4.69) is 20.3 Å². The summed E-state index contributed by atoms with van der Waals surface area (Å²) in [5, 5.41) is 5.55. The Morgan fingerprint density at radius 2 is 2.05 bits per heavy atom. The summed E-state index contributed by atoms with van der Waals surface area (Å²) in [7, 11) is -1.58. The van der Waals surface area contributed by atoms with Gasteiger partial charge in [0, 0.05) is 25.7 Å². The van der Waals surface area contributed by atoms with Gasteiger partial charge in [-0.25, -0.2) is 18.1 Å². The molecule has 0 aromatic carbocycles. The van der Waals surface area contributed by atoms with Gasteiger partial charge in [0.05, 0.1) is 6.26 Å². The molecule has 19 heavy (non-hydrogen) atoms. The average molecular weight is 307 g/mol. The molecule has 0 atom stereocenters. The van der Waals surface area contributed by atoms with Crippen LogP contribution in [-0.4, -0.2) is 45.7 Å². The van der Waals surface area contributed by atoms with E-state index in [1.54, 1.807) is 13.1 Å². The first-order valence-corrected chi connectivity index (χ1v) is 7.67. The second-order valence-electron chi connectivity index (χ2n) is 3.74. The number of amides is 1. The summed E-state index contributed by atoms with van der Waals surface area (Å²) in [6, 6.07) is 2.98. The van der Waals surface area contributed by atoms with Crippen molar-refractivity contribution in [2.24, 2.45) is 0 Å². The molecule has 106 valence electrons. The highest BCUT2D eigenvalue weighted by Crippen LogP contribution is 2.13. The van der Waals surface area contributed by atoms with Gasteiger partial charge >= 0.3 is 0 Å². The Hall–Kier alpha value is -1.38. The minimum atomic E-state index is -3.25. The zero-order valence-corrected chi connectivity index (χ0v) is 12.1. The maximum Gasteiger partial charge on any atom is 0.251 e. The quantitative estimate of drug-likeness (QED) is 0.509. The first-order valence-electron chi connectivity index (χ1n) is 5.40. The number of carbonyl (C=O) groups is 1. The molecule has 9 heteroatoms. The van der Waals surface area contributed by atoms with Crippen molar-refractivity contribution in [3.63, 3.8) is 0 Å². The van der Waals surface area contributed by atoms with Crippen LogP contribution in [0.5, 0.6) is 0 Å². The molecule has 0 spiro atoms. The Kier molecular flexibility index (Phi) is 5.52. The Labute approximate surface area is 116 Å². The fraction of sp³-hybridized carbons (Fsp3) is 0.400. The number of nitrogens with one attached hydrogen (secondary N) is 3. The summed E-state index contributed by atoms with van der Waals surface area (Å²) in [5.41, 5.74) is 0.351. The predicted molar refractivity (Wildman–Crippen MR) is 74.0 cm³/mol. The van der Waals surface area contributed by atoms with E-state index < -0.39 is 10.0 Å². The maximum atomic E-state index is 11.8. The summed E-state index contributed by atoms with van der Waals surface area (Å²) < 4.78 is 23.9. The standard InChI is InChI=1S/C10H15ClN4O3S/c1-12-9-6-7(5-8(11)15-9)10(16)13-3-4-14-19(2,17)18/h5-6,14H,3-4H2,1-2H3,(H,12,15)(H,13,16). The fourth-order valence-electron chi connectivity index (χ4n) is 1.27. The number of halogens is 1. The van der Waals surface area contributed by atoms with Crippen molar-refractivity contribution >= 4 is 33.3 Å². The van der Waals surface area contributed by atoms with E-state index in [9.17, 15) is 13.2 Å². The Morgan fingerprint density at radius 3 is 2.63 bits per heavy atom. The molecule has 1 rings (SSSR count). The Morgan fingerprint density at radius 1 is 1.37 bits per heavy atom. The zero-order valence-electron chi connectivity index (χ0n) is 10.5. The summed E-state index contributed by atoms with van der Waals surface area (Å²) in [6.45, 7) is 0.309. The second kappa shape index (κ2) is 6.69. The lowest BCUT2D eigenvalue weighted by Gasteiger charge is -2.07. The van der Waals surface area contributed by atoms with Gasteiger partial charge in [-0.2, -0.15) is 0 Å². The topological polar surface area (TPSA) is 100 Å². The summed E-state index contributed by atoms with van der Waals surface area (Å²) in [6.07, 6.45) is 1.05. The number of nitrogens with zero attached hydrogens (tertiary/aromatic N) is 1. The lowest BCUT2D eigenvalue weighted by molar-refractivity contribution is 0.0954. The van der Waals surface area contributed by atoms with Crippen molar-refractivity contribution in [3.8, 4) is 0 Å². The van der Waals surface area contributed by atoms with Gasteiger partial charge in [0.2, 0.25) is 10.0 Å². The highest BCUT2D eigenvalue weighted by atomic mass is 35.5. The van der Waals surface area contributed by atoms with Crippen LogP contribution in [-0.2, 0) is 10.0 Å². The monoisotopic (exact) mass is 306 g/mol. The fourth-order valence-corrected chi connectivity index (χ4v) is 1.95. The molecule has 0 aliphatic heterocycles. The third-order valence-electron chi connectivity index (χ3n) is 2.09. The molecule has 0 saturated heterocycles. The van der Waals surface area contributed by atoms with Crippen molar-refractivity contribution in [3.05, 3.63) is 22.8 Å². The smallest absolute Gasteiger partial charge is 0.251 e. The van der Waals surface area contributed by atoms with Crippen LogP contribution >= 0.6 is 11.6 Å². The van der Waals surface area contributed by atoms with Gasteiger partial charge in [0.1, 0.15) is 11.0 Å². The van der Waals surface area contributed by atoms with Crippen LogP contribution in [0.3, 0.4) is 0 Å². The molecule has 0 fully saturated rings. The third-order valence-corrected chi connectivity index (χ3v) is 3.01. The van der Waals surface area contributed by atoms with E-state index in [1.807, 2.05) is 0 Å². The third kappa shape index (κ3) is 5.86. The number of hydrogen-bond acceptors (Lipinski definition) is 5. The highest BCUT2D eigenvalue weighted by Gasteiger charge is 2.08. The molecule has 1 aromatic rings. The molecule has 3 N–H and O–H groups in total. The first kappa shape index (κ1) is 15.7. The summed E-state index contributed by atoms with van der Waals surface area (Å²) in [5.74, 6) is 0.128. The molecule has 0 bridgehead atoms. The largest absolute Gasteiger partial charge is 0.373 e. The van der Waals surface area contributed by atoms with Crippen LogP contribution in [0.15, 0.2) is 12.1 Å². The Balaban J connectivity index is 2.56. The zero-order chi connectivity index (χ0) is 14.5. The first-order chi connectivity index (χ1) is 8.81.